The molecule has 0 fully saturated rings. The van der Waals surface area contributed by atoms with Gasteiger partial charge in [0.15, 0.2) is 0 Å². The Morgan fingerprint density at radius 1 is 0.667 bits per heavy atom. The van der Waals surface area contributed by atoms with Gasteiger partial charge >= 0.3 is 21.1 Å². The molecule has 166 valence electrons. The van der Waals surface area contributed by atoms with Gasteiger partial charge in [-0.3, -0.25) is 20.2 Å². The molecule has 7 heteroatoms. The zero-order valence-electron chi connectivity index (χ0n) is 18.5. The molecule has 0 aliphatic rings. The molecular formula is C26H22N6Pt. The van der Waals surface area contributed by atoms with Gasteiger partial charge in [-0.05, 0) is 36.0 Å². The van der Waals surface area contributed by atoms with Gasteiger partial charge in [-0.2, -0.15) is 0 Å². The number of rotatable bonds is 5. The molecule has 0 atom stereocenters. The van der Waals surface area contributed by atoms with Gasteiger partial charge in [0.2, 0.25) is 0 Å². The largest absolute Gasteiger partial charge is 2.00 e. The molecule has 1 aromatic carbocycles. The molecule has 0 saturated heterocycles. The fraction of sp³-hybridized carbons (Fsp3) is 0.154. The van der Waals surface area contributed by atoms with Crippen LogP contribution in [0.4, 0.5) is 0 Å². The maximum Gasteiger partial charge on any atom is 2.00 e. The predicted octanol–water partition coefficient (Wildman–Crippen LogP) is 4.42. The minimum atomic E-state index is -0.600. The molecule has 5 aromatic rings. The van der Waals surface area contributed by atoms with Gasteiger partial charge in [-0.1, -0.05) is 80.8 Å². The minimum Gasteiger partial charge on any atom is -0.343 e. The standard InChI is InChI=1S/C26H22N6.Pt/c1-19-15-17-31(29-19)24-13-7-11-22(27-24)26(3,21-9-5-4-6-10-21)23-12-8-14-25(28-23)32-18-16-20(2)30-32;/h4-16H,1-3H3;/q-2;+2. The van der Waals surface area contributed by atoms with E-state index in [4.69, 9.17) is 9.97 Å². The van der Waals surface area contributed by atoms with Crippen LogP contribution in [-0.2, 0) is 26.5 Å². The molecule has 0 aliphatic carbocycles. The normalized spacial score (nSPS) is 11.2. The van der Waals surface area contributed by atoms with Crippen LogP contribution in [0.3, 0.4) is 0 Å². The van der Waals surface area contributed by atoms with Crippen LogP contribution in [0.1, 0.15) is 35.3 Å². The van der Waals surface area contributed by atoms with Gasteiger partial charge in [0.05, 0.1) is 17.1 Å². The van der Waals surface area contributed by atoms with E-state index in [1.807, 2.05) is 80.6 Å². The number of hydrogen-bond donors (Lipinski definition) is 0. The third-order valence-electron chi connectivity index (χ3n) is 5.59. The molecular weight excluding hydrogens is 591 g/mol. The Hall–Kier alpha value is -3.37. The van der Waals surface area contributed by atoms with Crippen molar-refractivity contribution in [2.75, 3.05) is 0 Å². The van der Waals surface area contributed by atoms with Crippen molar-refractivity contribution in [3.8, 4) is 11.6 Å². The van der Waals surface area contributed by atoms with Crippen LogP contribution in [0.5, 0.6) is 0 Å². The zero-order chi connectivity index (χ0) is 22.1. The summed E-state index contributed by atoms with van der Waals surface area (Å²) in [5.41, 5.74) is 4.01. The maximum atomic E-state index is 4.99. The molecule has 0 bridgehead atoms. The van der Waals surface area contributed by atoms with Crippen LogP contribution in [-0.4, -0.2) is 29.5 Å². The summed E-state index contributed by atoms with van der Waals surface area (Å²) in [4.78, 5) is 9.97. The number of pyridine rings is 2. The Bertz CT molecular complexity index is 1290. The summed E-state index contributed by atoms with van der Waals surface area (Å²) >= 11 is 0. The maximum absolute atomic E-state index is 4.99. The van der Waals surface area contributed by atoms with Gasteiger partial charge in [0.25, 0.3) is 0 Å². The second-order valence-corrected chi connectivity index (χ2v) is 7.91. The molecule has 0 N–H and O–H groups in total. The van der Waals surface area contributed by atoms with Gasteiger partial charge in [0.1, 0.15) is 0 Å². The average molecular weight is 614 g/mol. The minimum absolute atomic E-state index is 0. The van der Waals surface area contributed by atoms with Gasteiger partial charge in [0, 0.05) is 11.4 Å². The van der Waals surface area contributed by atoms with Crippen molar-refractivity contribution >= 4 is 0 Å². The smallest absolute Gasteiger partial charge is 0.343 e. The summed E-state index contributed by atoms with van der Waals surface area (Å²) in [5, 5.41) is 8.95. The van der Waals surface area contributed by atoms with E-state index in [2.05, 4.69) is 41.6 Å². The van der Waals surface area contributed by atoms with Crippen LogP contribution >= 0.6 is 0 Å². The van der Waals surface area contributed by atoms with Crippen molar-refractivity contribution in [3.05, 3.63) is 120 Å². The van der Waals surface area contributed by atoms with Gasteiger partial charge in [-0.25, -0.2) is 0 Å². The van der Waals surface area contributed by atoms with E-state index in [1.54, 1.807) is 9.36 Å². The summed E-state index contributed by atoms with van der Waals surface area (Å²) in [6.07, 6.45) is 6.25. The first-order valence-corrected chi connectivity index (χ1v) is 10.4. The first kappa shape index (κ1) is 22.8. The molecule has 0 amide bonds. The third kappa shape index (κ3) is 4.31. The van der Waals surface area contributed by atoms with E-state index in [1.165, 1.54) is 0 Å². The molecule has 4 aromatic heterocycles. The van der Waals surface area contributed by atoms with E-state index in [0.29, 0.717) is 11.6 Å². The quantitative estimate of drug-likeness (QED) is 0.276. The molecule has 6 nitrogen and oxygen atoms in total. The van der Waals surface area contributed by atoms with E-state index >= 15 is 0 Å². The Morgan fingerprint density at radius 3 is 1.58 bits per heavy atom. The van der Waals surface area contributed by atoms with Crippen molar-refractivity contribution in [3.63, 3.8) is 0 Å². The summed E-state index contributed by atoms with van der Waals surface area (Å²) in [6, 6.07) is 25.9. The Morgan fingerprint density at radius 2 is 1.15 bits per heavy atom. The molecule has 0 spiro atoms. The van der Waals surface area contributed by atoms with Gasteiger partial charge in [-0.15, -0.1) is 12.1 Å². The Kier molecular flexibility index (Phi) is 6.39. The third-order valence-corrected chi connectivity index (χ3v) is 5.59. The van der Waals surface area contributed by atoms with Crippen molar-refractivity contribution in [2.24, 2.45) is 0 Å². The molecule has 33 heavy (non-hydrogen) atoms. The number of aromatic nitrogens is 6. The predicted molar refractivity (Wildman–Crippen MR) is 122 cm³/mol. The van der Waals surface area contributed by atoms with Crippen molar-refractivity contribution in [1.29, 1.82) is 0 Å². The fourth-order valence-corrected chi connectivity index (χ4v) is 3.81. The molecule has 0 radical (unpaired) electrons. The monoisotopic (exact) mass is 613 g/mol. The number of aryl methyl sites for hydroxylation is 2. The Labute approximate surface area is 207 Å². The van der Waals surface area contributed by atoms with E-state index in [9.17, 15) is 0 Å². The second-order valence-electron chi connectivity index (χ2n) is 7.91. The number of benzene rings is 1. The van der Waals surface area contributed by atoms with Crippen molar-refractivity contribution < 1.29 is 21.1 Å². The molecule has 0 saturated carbocycles. The topological polar surface area (TPSA) is 61.4 Å². The molecule has 4 heterocycles. The van der Waals surface area contributed by atoms with Crippen molar-refractivity contribution in [1.82, 2.24) is 29.5 Å². The fourth-order valence-electron chi connectivity index (χ4n) is 3.81. The van der Waals surface area contributed by atoms with Crippen LogP contribution < -0.4 is 0 Å². The summed E-state index contributed by atoms with van der Waals surface area (Å²) in [7, 11) is 0. The first-order valence-electron chi connectivity index (χ1n) is 10.4. The SMILES string of the molecule is Cc1c[c-]n(-c2cccc(C(C)(c3ccccc3)c3cccc(-n4[c-]cc(C)n4)n3)n2)n1.[Pt+2]. The second kappa shape index (κ2) is 9.24. The van der Waals surface area contributed by atoms with Crippen molar-refractivity contribution in [2.45, 2.75) is 26.2 Å². The van der Waals surface area contributed by atoms with Crippen LogP contribution in [0, 0.1) is 26.2 Å². The van der Waals surface area contributed by atoms with E-state index < -0.39 is 5.41 Å². The summed E-state index contributed by atoms with van der Waals surface area (Å²) in [6.45, 7) is 6.03. The van der Waals surface area contributed by atoms with E-state index in [-0.39, 0.29) is 21.1 Å². The summed E-state index contributed by atoms with van der Waals surface area (Å²) < 4.78 is 3.35. The van der Waals surface area contributed by atoms with Crippen LogP contribution in [0.15, 0.2) is 78.9 Å². The average Bonchev–Trinajstić information content (AvgIpc) is 3.47. The van der Waals surface area contributed by atoms with Crippen LogP contribution in [0.2, 0.25) is 0 Å². The number of nitrogens with zero attached hydrogens (tertiary/aromatic N) is 6. The first-order chi connectivity index (χ1) is 15.5. The molecule has 0 aliphatic heterocycles. The molecule has 0 unspecified atom stereocenters. The van der Waals surface area contributed by atoms with Crippen LogP contribution in [0.25, 0.3) is 11.6 Å². The van der Waals surface area contributed by atoms with E-state index in [0.717, 1.165) is 28.3 Å². The Balaban J connectivity index is 0.00000259. The summed E-state index contributed by atoms with van der Waals surface area (Å²) in [5.74, 6) is 1.43. The van der Waals surface area contributed by atoms with Gasteiger partial charge < -0.3 is 9.36 Å². The zero-order valence-corrected chi connectivity index (χ0v) is 20.8. The number of hydrogen-bond acceptors (Lipinski definition) is 4. The molecule has 5 rings (SSSR count).